The van der Waals surface area contributed by atoms with Crippen molar-refractivity contribution in [2.75, 3.05) is 6.54 Å². The summed E-state index contributed by atoms with van der Waals surface area (Å²) in [6.45, 7) is 2.03. The zero-order chi connectivity index (χ0) is 8.27. The van der Waals surface area contributed by atoms with E-state index in [1.807, 2.05) is 19.1 Å². The molecule has 2 N–H and O–H groups in total. The van der Waals surface area contributed by atoms with Crippen LogP contribution >= 0.6 is 0 Å². The summed E-state index contributed by atoms with van der Waals surface area (Å²) in [6, 6.07) is 7.31. The van der Waals surface area contributed by atoms with Crippen LogP contribution in [0.5, 0.6) is 0 Å². The van der Waals surface area contributed by atoms with Crippen LogP contribution in [0.25, 0.3) is 0 Å². The van der Waals surface area contributed by atoms with Crippen molar-refractivity contribution >= 4 is 0 Å². The van der Waals surface area contributed by atoms with Gasteiger partial charge in [-0.1, -0.05) is 29.8 Å². The Kier molecular flexibility index (Phi) is 2.60. The van der Waals surface area contributed by atoms with E-state index in [0.29, 0.717) is 5.56 Å². The van der Waals surface area contributed by atoms with Crippen LogP contribution < -0.4 is 5.73 Å². The first-order valence-corrected chi connectivity index (χ1v) is 3.64. The molecule has 0 saturated carbocycles. The van der Waals surface area contributed by atoms with E-state index in [1.54, 1.807) is 12.1 Å². The maximum atomic E-state index is 12.9. The number of benzene rings is 1. The van der Waals surface area contributed by atoms with Gasteiger partial charge in [0.2, 0.25) is 0 Å². The molecule has 0 heterocycles. The number of halogens is 1. The minimum Gasteiger partial charge on any atom is -0.327 e. The highest BCUT2D eigenvalue weighted by Gasteiger charge is 2.04. The molecule has 1 nitrogen and oxygen atoms in total. The number of alkyl halides is 1. The molecule has 60 valence electrons. The van der Waals surface area contributed by atoms with Crippen LogP contribution in [0.4, 0.5) is 4.39 Å². The molecule has 0 aliphatic rings. The van der Waals surface area contributed by atoms with Crippen molar-refractivity contribution in [3.05, 3.63) is 35.4 Å². The molecule has 0 saturated heterocycles. The van der Waals surface area contributed by atoms with Gasteiger partial charge in [0.25, 0.3) is 0 Å². The second-order valence-corrected chi connectivity index (χ2v) is 2.61. The Bertz CT molecular complexity index is 218. The molecule has 1 atom stereocenters. The highest BCUT2D eigenvalue weighted by Crippen LogP contribution is 2.15. The molecule has 0 aliphatic heterocycles. The van der Waals surface area contributed by atoms with Crippen LogP contribution in [0.15, 0.2) is 24.3 Å². The first kappa shape index (κ1) is 8.21. The van der Waals surface area contributed by atoms with E-state index >= 15 is 0 Å². The molecule has 0 bridgehead atoms. The lowest BCUT2D eigenvalue weighted by atomic mass is 10.1. The zero-order valence-corrected chi connectivity index (χ0v) is 6.55. The van der Waals surface area contributed by atoms with Crippen molar-refractivity contribution in [2.45, 2.75) is 13.1 Å². The summed E-state index contributed by atoms with van der Waals surface area (Å²) < 4.78 is 12.9. The third kappa shape index (κ3) is 2.02. The lowest BCUT2D eigenvalue weighted by Crippen LogP contribution is -2.07. The van der Waals surface area contributed by atoms with E-state index in [4.69, 9.17) is 5.73 Å². The maximum Gasteiger partial charge on any atom is 0.137 e. The second kappa shape index (κ2) is 3.49. The molecule has 0 unspecified atom stereocenters. The van der Waals surface area contributed by atoms with Crippen molar-refractivity contribution in [1.82, 2.24) is 0 Å². The SMILES string of the molecule is Cc1ccc([C@@H](F)CN)cc1. The van der Waals surface area contributed by atoms with Gasteiger partial charge in [0.05, 0.1) is 0 Å². The largest absolute Gasteiger partial charge is 0.327 e. The van der Waals surface area contributed by atoms with E-state index in [0.717, 1.165) is 5.56 Å². The first-order valence-electron chi connectivity index (χ1n) is 3.64. The van der Waals surface area contributed by atoms with Crippen molar-refractivity contribution in [3.63, 3.8) is 0 Å². The molecule has 0 aromatic heterocycles. The fourth-order valence-electron chi connectivity index (χ4n) is 0.911. The minimum atomic E-state index is -1.02. The number of hydrogen-bond donors (Lipinski definition) is 1. The summed E-state index contributed by atoms with van der Waals surface area (Å²) in [5.41, 5.74) is 6.97. The van der Waals surface area contributed by atoms with Gasteiger partial charge < -0.3 is 5.73 Å². The average molecular weight is 153 g/mol. The summed E-state index contributed by atoms with van der Waals surface area (Å²) >= 11 is 0. The fraction of sp³-hybridized carbons (Fsp3) is 0.333. The molecule has 0 radical (unpaired) electrons. The van der Waals surface area contributed by atoms with E-state index in [1.165, 1.54) is 0 Å². The van der Waals surface area contributed by atoms with Gasteiger partial charge in [-0.2, -0.15) is 0 Å². The summed E-state index contributed by atoms with van der Waals surface area (Å²) in [5.74, 6) is 0. The van der Waals surface area contributed by atoms with E-state index in [9.17, 15) is 4.39 Å². The fourth-order valence-corrected chi connectivity index (χ4v) is 0.911. The van der Waals surface area contributed by atoms with Crippen molar-refractivity contribution in [2.24, 2.45) is 5.73 Å². The lowest BCUT2D eigenvalue weighted by Gasteiger charge is -2.04. The minimum absolute atomic E-state index is 0.0586. The van der Waals surface area contributed by atoms with Crippen molar-refractivity contribution in [3.8, 4) is 0 Å². The van der Waals surface area contributed by atoms with Crippen LogP contribution in [0.3, 0.4) is 0 Å². The number of nitrogens with two attached hydrogens (primary N) is 1. The standard InChI is InChI=1S/C9H12FN/c1-7-2-4-8(5-3-7)9(10)6-11/h2-5,9H,6,11H2,1H3/t9-/m0/s1. The van der Waals surface area contributed by atoms with Crippen LogP contribution in [-0.4, -0.2) is 6.54 Å². The Labute approximate surface area is 66.0 Å². The van der Waals surface area contributed by atoms with Gasteiger partial charge in [0.1, 0.15) is 6.17 Å². The Balaban J connectivity index is 2.81. The predicted molar refractivity (Wildman–Crippen MR) is 44.1 cm³/mol. The molecule has 1 aromatic carbocycles. The quantitative estimate of drug-likeness (QED) is 0.690. The molecule has 11 heavy (non-hydrogen) atoms. The molecule has 1 aromatic rings. The third-order valence-corrected chi connectivity index (χ3v) is 1.65. The van der Waals surface area contributed by atoms with Crippen LogP contribution in [0, 0.1) is 6.92 Å². The van der Waals surface area contributed by atoms with Gasteiger partial charge in [0.15, 0.2) is 0 Å². The summed E-state index contributed by atoms with van der Waals surface area (Å²) in [5, 5.41) is 0. The smallest absolute Gasteiger partial charge is 0.137 e. The van der Waals surface area contributed by atoms with Crippen LogP contribution in [-0.2, 0) is 0 Å². The highest BCUT2D eigenvalue weighted by molar-refractivity contribution is 5.23. The monoisotopic (exact) mass is 153 g/mol. The second-order valence-electron chi connectivity index (χ2n) is 2.61. The maximum absolute atomic E-state index is 12.9. The van der Waals surface area contributed by atoms with Crippen LogP contribution in [0.2, 0.25) is 0 Å². The molecule has 0 amide bonds. The molecule has 1 rings (SSSR count). The average Bonchev–Trinajstić information content (AvgIpc) is 2.05. The van der Waals surface area contributed by atoms with Gasteiger partial charge in [-0.05, 0) is 12.5 Å². The molecule has 0 spiro atoms. The Morgan fingerprint density at radius 3 is 2.36 bits per heavy atom. The molecular formula is C9H12FN. The van der Waals surface area contributed by atoms with Crippen molar-refractivity contribution in [1.29, 1.82) is 0 Å². The third-order valence-electron chi connectivity index (χ3n) is 1.65. The van der Waals surface area contributed by atoms with Gasteiger partial charge >= 0.3 is 0 Å². The molecular weight excluding hydrogens is 141 g/mol. The topological polar surface area (TPSA) is 26.0 Å². The summed E-state index contributed by atoms with van der Waals surface area (Å²) in [4.78, 5) is 0. The van der Waals surface area contributed by atoms with E-state index in [2.05, 4.69) is 0 Å². The Morgan fingerprint density at radius 1 is 1.36 bits per heavy atom. The Hall–Kier alpha value is -0.890. The first-order chi connectivity index (χ1) is 5.24. The number of aryl methyl sites for hydroxylation is 1. The van der Waals surface area contributed by atoms with Gasteiger partial charge in [-0.15, -0.1) is 0 Å². The lowest BCUT2D eigenvalue weighted by molar-refractivity contribution is 0.353. The van der Waals surface area contributed by atoms with Gasteiger partial charge in [0, 0.05) is 6.54 Å². The van der Waals surface area contributed by atoms with E-state index < -0.39 is 6.17 Å². The van der Waals surface area contributed by atoms with Crippen molar-refractivity contribution < 1.29 is 4.39 Å². The predicted octanol–water partition coefficient (Wildman–Crippen LogP) is 1.96. The van der Waals surface area contributed by atoms with Crippen LogP contribution in [0.1, 0.15) is 17.3 Å². The summed E-state index contributed by atoms with van der Waals surface area (Å²) in [7, 11) is 0. The normalized spacial score (nSPS) is 13.0. The Morgan fingerprint density at radius 2 is 1.91 bits per heavy atom. The van der Waals surface area contributed by atoms with E-state index in [-0.39, 0.29) is 6.54 Å². The number of hydrogen-bond acceptors (Lipinski definition) is 1. The molecule has 2 heteroatoms. The van der Waals surface area contributed by atoms with Gasteiger partial charge in [-0.3, -0.25) is 0 Å². The highest BCUT2D eigenvalue weighted by atomic mass is 19.1. The zero-order valence-electron chi connectivity index (χ0n) is 6.55. The number of rotatable bonds is 2. The molecule has 0 aliphatic carbocycles. The molecule has 0 fully saturated rings. The van der Waals surface area contributed by atoms with Gasteiger partial charge in [-0.25, -0.2) is 4.39 Å². The summed E-state index contributed by atoms with van der Waals surface area (Å²) in [6.07, 6.45) is -1.02.